The normalized spacial score (nSPS) is 10.6. The third-order valence-electron chi connectivity index (χ3n) is 3.21. The SMILES string of the molecule is OB(O)c1ccccc1-c1cccc2cnccc12. The van der Waals surface area contributed by atoms with Gasteiger partial charge in [-0.25, -0.2) is 0 Å². The average Bonchev–Trinajstić information content (AvgIpc) is 2.46. The summed E-state index contributed by atoms with van der Waals surface area (Å²) in [6.45, 7) is 0. The van der Waals surface area contributed by atoms with Crippen molar-refractivity contribution in [3.8, 4) is 11.1 Å². The van der Waals surface area contributed by atoms with Gasteiger partial charge in [0.15, 0.2) is 0 Å². The van der Waals surface area contributed by atoms with E-state index in [4.69, 9.17) is 0 Å². The number of nitrogens with zero attached hydrogens (tertiary/aromatic N) is 1. The van der Waals surface area contributed by atoms with E-state index in [-0.39, 0.29) is 0 Å². The lowest BCUT2D eigenvalue weighted by atomic mass is 9.75. The van der Waals surface area contributed by atoms with Crippen LogP contribution < -0.4 is 5.46 Å². The molecule has 3 aromatic rings. The molecule has 0 spiro atoms. The van der Waals surface area contributed by atoms with Crippen LogP contribution in [0.15, 0.2) is 60.9 Å². The van der Waals surface area contributed by atoms with E-state index in [9.17, 15) is 10.0 Å². The average molecular weight is 249 g/mol. The number of rotatable bonds is 2. The van der Waals surface area contributed by atoms with Crippen LogP contribution >= 0.6 is 0 Å². The summed E-state index contributed by atoms with van der Waals surface area (Å²) >= 11 is 0. The van der Waals surface area contributed by atoms with Gasteiger partial charge in [-0.05, 0) is 28.0 Å². The van der Waals surface area contributed by atoms with Crippen molar-refractivity contribution in [2.45, 2.75) is 0 Å². The van der Waals surface area contributed by atoms with Crippen molar-refractivity contribution in [1.29, 1.82) is 0 Å². The molecule has 0 fully saturated rings. The maximum atomic E-state index is 9.48. The standard InChI is InChI=1S/C15H12BNO2/c18-16(19)15-7-2-1-5-14(15)13-6-3-4-11-10-17-9-8-12(11)13/h1-10,18-19H. The Morgan fingerprint density at radius 1 is 0.842 bits per heavy atom. The van der Waals surface area contributed by atoms with Crippen molar-refractivity contribution >= 4 is 23.4 Å². The second kappa shape index (κ2) is 4.84. The van der Waals surface area contributed by atoms with E-state index in [1.54, 1.807) is 24.5 Å². The monoisotopic (exact) mass is 249 g/mol. The molecule has 92 valence electrons. The molecule has 0 amide bonds. The molecule has 0 radical (unpaired) electrons. The van der Waals surface area contributed by atoms with Gasteiger partial charge in [0.2, 0.25) is 0 Å². The molecule has 0 saturated heterocycles. The van der Waals surface area contributed by atoms with Crippen LogP contribution in [0.5, 0.6) is 0 Å². The number of hydrogen-bond acceptors (Lipinski definition) is 3. The molecule has 0 aliphatic carbocycles. The van der Waals surface area contributed by atoms with Gasteiger partial charge in [0.1, 0.15) is 0 Å². The summed E-state index contributed by atoms with van der Waals surface area (Å²) in [5, 5.41) is 21.0. The van der Waals surface area contributed by atoms with Crippen LogP contribution in [-0.2, 0) is 0 Å². The minimum absolute atomic E-state index is 0.506. The first kappa shape index (κ1) is 11.9. The van der Waals surface area contributed by atoms with Gasteiger partial charge < -0.3 is 10.0 Å². The summed E-state index contributed by atoms with van der Waals surface area (Å²) in [4.78, 5) is 4.11. The van der Waals surface area contributed by atoms with Crippen molar-refractivity contribution in [1.82, 2.24) is 4.98 Å². The third-order valence-corrected chi connectivity index (χ3v) is 3.21. The Morgan fingerprint density at radius 2 is 1.63 bits per heavy atom. The van der Waals surface area contributed by atoms with Crippen LogP contribution in [0.4, 0.5) is 0 Å². The Bertz CT molecular complexity index is 723. The molecular formula is C15H12BNO2. The van der Waals surface area contributed by atoms with Crippen LogP contribution in [-0.4, -0.2) is 22.2 Å². The summed E-state index contributed by atoms with van der Waals surface area (Å²) in [6.07, 6.45) is 3.54. The van der Waals surface area contributed by atoms with Crippen molar-refractivity contribution < 1.29 is 10.0 Å². The largest absolute Gasteiger partial charge is 0.489 e. The van der Waals surface area contributed by atoms with E-state index in [2.05, 4.69) is 4.98 Å². The molecule has 0 aliphatic heterocycles. The zero-order chi connectivity index (χ0) is 13.2. The molecule has 0 bridgehead atoms. The summed E-state index contributed by atoms with van der Waals surface area (Å²) in [6, 6.07) is 15.1. The Hall–Kier alpha value is -2.17. The first-order chi connectivity index (χ1) is 9.27. The molecule has 0 atom stereocenters. The second-order valence-corrected chi connectivity index (χ2v) is 4.36. The van der Waals surface area contributed by atoms with Gasteiger partial charge in [-0.2, -0.15) is 0 Å². The van der Waals surface area contributed by atoms with Gasteiger partial charge in [-0.3, -0.25) is 4.98 Å². The topological polar surface area (TPSA) is 53.4 Å². The van der Waals surface area contributed by atoms with Gasteiger partial charge >= 0.3 is 7.12 Å². The molecule has 1 aromatic heterocycles. The lowest BCUT2D eigenvalue weighted by molar-refractivity contribution is 0.426. The van der Waals surface area contributed by atoms with E-state index < -0.39 is 7.12 Å². The van der Waals surface area contributed by atoms with Crippen molar-refractivity contribution in [2.75, 3.05) is 0 Å². The molecule has 3 nitrogen and oxygen atoms in total. The highest BCUT2D eigenvalue weighted by Gasteiger charge is 2.17. The van der Waals surface area contributed by atoms with Gasteiger partial charge in [0.05, 0.1) is 0 Å². The van der Waals surface area contributed by atoms with E-state index in [0.29, 0.717) is 5.46 Å². The van der Waals surface area contributed by atoms with Crippen LogP contribution in [0.2, 0.25) is 0 Å². The van der Waals surface area contributed by atoms with Crippen LogP contribution in [0.3, 0.4) is 0 Å². The van der Waals surface area contributed by atoms with Gasteiger partial charge in [-0.15, -0.1) is 0 Å². The van der Waals surface area contributed by atoms with E-state index >= 15 is 0 Å². The van der Waals surface area contributed by atoms with E-state index in [1.807, 2.05) is 36.4 Å². The molecule has 19 heavy (non-hydrogen) atoms. The highest BCUT2D eigenvalue weighted by Crippen LogP contribution is 2.26. The fourth-order valence-corrected chi connectivity index (χ4v) is 2.32. The van der Waals surface area contributed by atoms with Crippen LogP contribution in [0.25, 0.3) is 21.9 Å². The van der Waals surface area contributed by atoms with E-state index in [1.165, 1.54) is 0 Å². The predicted molar refractivity (Wildman–Crippen MR) is 77.0 cm³/mol. The second-order valence-electron chi connectivity index (χ2n) is 4.36. The summed E-state index contributed by atoms with van der Waals surface area (Å²) in [7, 11) is -1.48. The number of benzene rings is 2. The van der Waals surface area contributed by atoms with Crippen LogP contribution in [0.1, 0.15) is 0 Å². The first-order valence-electron chi connectivity index (χ1n) is 6.05. The van der Waals surface area contributed by atoms with Crippen molar-refractivity contribution in [3.05, 3.63) is 60.9 Å². The lowest BCUT2D eigenvalue weighted by Crippen LogP contribution is -2.31. The minimum atomic E-state index is -1.48. The molecule has 0 saturated carbocycles. The molecule has 0 unspecified atom stereocenters. The lowest BCUT2D eigenvalue weighted by Gasteiger charge is -2.11. The fourth-order valence-electron chi connectivity index (χ4n) is 2.32. The quantitative estimate of drug-likeness (QED) is 0.678. The number of pyridine rings is 1. The molecule has 2 aromatic carbocycles. The molecular weight excluding hydrogens is 237 g/mol. The zero-order valence-electron chi connectivity index (χ0n) is 10.2. The highest BCUT2D eigenvalue weighted by atomic mass is 16.4. The molecule has 2 N–H and O–H groups in total. The maximum absolute atomic E-state index is 9.48. The van der Waals surface area contributed by atoms with E-state index in [0.717, 1.165) is 21.9 Å². The number of hydrogen-bond donors (Lipinski definition) is 2. The number of aromatic nitrogens is 1. The van der Waals surface area contributed by atoms with Crippen molar-refractivity contribution in [3.63, 3.8) is 0 Å². The Balaban J connectivity index is 2.31. The highest BCUT2D eigenvalue weighted by molar-refractivity contribution is 6.60. The Kier molecular flexibility index (Phi) is 3.03. The fraction of sp³-hybridized carbons (Fsp3) is 0. The molecule has 3 rings (SSSR count). The zero-order valence-corrected chi connectivity index (χ0v) is 10.2. The predicted octanol–water partition coefficient (Wildman–Crippen LogP) is 1.58. The third kappa shape index (κ3) is 2.12. The summed E-state index contributed by atoms with van der Waals surface area (Å²) in [5.74, 6) is 0. The molecule has 0 aliphatic rings. The summed E-state index contributed by atoms with van der Waals surface area (Å²) < 4.78 is 0. The van der Waals surface area contributed by atoms with Gasteiger partial charge in [0.25, 0.3) is 0 Å². The minimum Gasteiger partial charge on any atom is -0.423 e. The Morgan fingerprint density at radius 3 is 2.47 bits per heavy atom. The first-order valence-corrected chi connectivity index (χ1v) is 6.05. The van der Waals surface area contributed by atoms with Crippen molar-refractivity contribution in [2.24, 2.45) is 0 Å². The van der Waals surface area contributed by atoms with Crippen LogP contribution in [0, 0.1) is 0 Å². The maximum Gasteiger partial charge on any atom is 0.489 e. The smallest absolute Gasteiger partial charge is 0.423 e. The summed E-state index contributed by atoms with van der Waals surface area (Å²) in [5.41, 5.74) is 2.31. The molecule has 4 heteroatoms. The Labute approximate surface area is 111 Å². The molecule has 1 heterocycles. The van der Waals surface area contributed by atoms with Gasteiger partial charge in [-0.1, -0.05) is 42.5 Å². The number of fused-ring (bicyclic) bond motifs is 1. The van der Waals surface area contributed by atoms with Gasteiger partial charge in [0, 0.05) is 17.8 Å².